The number of fused-ring (bicyclic) bond motifs is 1. The van der Waals surface area contributed by atoms with Crippen LogP contribution >= 0.6 is 11.3 Å². The lowest BCUT2D eigenvalue weighted by atomic mass is 10.2. The van der Waals surface area contributed by atoms with Crippen LogP contribution in [0, 0.1) is 6.92 Å². The molecule has 19 heavy (non-hydrogen) atoms. The Morgan fingerprint density at radius 1 is 1.11 bits per heavy atom. The molecule has 4 heteroatoms. The Hall–Kier alpha value is -2.07. The molecule has 0 bridgehead atoms. The van der Waals surface area contributed by atoms with Crippen molar-refractivity contribution >= 4 is 27.2 Å². The van der Waals surface area contributed by atoms with Crippen LogP contribution in [0.1, 0.15) is 5.56 Å². The lowest BCUT2D eigenvalue weighted by Crippen LogP contribution is -1.87. The number of aromatic nitrogens is 1. The van der Waals surface area contributed by atoms with Gasteiger partial charge in [0.25, 0.3) is 0 Å². The summed E-state index contributed by atoms with van der Waals surface area (Å²) in [4.78, 5) is 4.66. The van der Waals surface area contributed by atoms with E-state index in [-0.39, 0.29) is 0 Å². The van der Waals surface area contributed by atoms with Crippen LogP contribution in [0.4, 0.5) is 5.69 Å². The molecule has 0 aliphatic carbocycles. The van der Waals surface area contributed by atoms with Gasteiger partial charge in [0.2, 0.25) is 0 Å². The minimum absolute atomic E-state index is 0.817. The molecule has 0 fully saturated rings. The summed E-state index contributed by atoms with van der Waals surface area (Å²) in [5.74, 6) is 0.852. The first-order chi connectivity index (χ1) is 9.19. The fourth-order valence-corrected chi connectivity index (χ4v) is 3.08. The summed E-state index contributed by atoms with van der Waals surface area (Å²) in [6.07, 6.45) is 0. The van der Waals surface area contributed by atoms with Gasteiger partial charge in [-0.15, -0.1) is 11.3 Å². The number of thiazole rings is 1. The van der Waals surface area contributed by atoms with E-state index >= 15 is 0 Å². The Morgan fingerprint density at radius 3 is 2.53 bits per heavy atom. The van der Waals surface area contributed by atoms with E-state index in [0.717, 1.165) is 37.8 Å². The summed E-state index contributed by atoms with van der Waals surface area (Å²) in [5.41, 5.74) is 9.96. The summed E-state index contributed by atoms with van der Waals surface area (Å²) >= 11 is 1.67. The predicted molar refractivity (Wildman–Crippen MR) is 80.8 cm³/mol. The normalized spacial score (nSPS) is 10.8. The van der Waals surface area contributed by atoms with Crippen molar-refractivity contribution in [3.63, 3.8) is 0 Å². The molecular formula is C15H14N2OS. The number of nitrogens with zero attached hydrogens (tertiary/aromatic N) is 1. The molecule has 3 nitrogen and oxygen atoms in total. The van der Waals surface area contributed by atoms with Gasteiger partial charge in [0.05, 0.1) is 17.3 Å². The number of anilines is 1. The minimum Gasteiger partial charge on any atom is -0.497 e. The van der Waals surface area contributed by atoms with Crippen molar-refractivity contribution in [2.45, 2.75) is 6.92 Å². The van der Waals surface area contributed by atoms with Gasteiger partial charge in [-0.3, -0.25) is 0 Å². The van der Waals surface area contributed by atoms with E-state index in [9.17, 15) is 0 Å². The molecule has 3 aromatic rings. The van der Waals surface area contributed by atoms with E-state index in [1.165, 1.54) is 0 Å². The Morgan fingerprint density at radius 2 is 1.84 bits per heavy atom. The molecule has 2 aromatic carbocycles. The molecule has 0 aliphatic heterocycles. The van der Waals surface area contributed by atoms with Crippen LogP contribution in [-0.4, -0.2) is 12.1 Å². The van der Waals surface area contributed by atoms with Gasteiger partial charge in [0.15, 0.2) is 0 Å². The highest BCUT2D eigenvalue weighted by Crippen LogP contribution is 2.34. The van der Waals surface area contributed by atoms with Crippen molar-refractivity contribution in [1.82, 2.24) is 4.98 Å². The number of hydrogen-bond acceptors (Lipinski definition) is 4. The SMILES string of the molecule is COc1ccc(-c2nc3ccc(N)c(C)c3s2)cc1. The molecule has 0 amide bonds. The molecule has 0 spiro atoms. The molecule has 0 unspecified atom stereocenters. The van der Waals surface area contributed by atoms with Crippen molar-refractivity contribution in [1.29, 1.82) is 0 Å². The van der Waals surface area contributed by atoms with Crippen LogP contribution in [-0.2, 0) is 0 Å². The molecule has 1 aromatic heterocycles. The first kappa shape index (κ1) is 12.0. The molecule has 0 atom stereocenters. The van der Waals surface area contributed by atoms with Crippen molar-refractivity contribution in [2.24, 2.45) is 0 Å². The Bertz CT molecular complexity index is 732. The second-order valence-electron chi connectivity index (χ2n) is 4.38. The zero-order valence-corrected chi connectivity index (χ0v) is 11.6. The Kier molecular flexibility index (Phi) is 2.87. The molecule has 2 N–H and O–H groups in total. The summed E-state index contributed by atoms with van der Waals surface area (Å²) in [5, 5.41) is 1.01. The lowest BCUT2D eigenvalue weighted by Gasteiger charge is -1.99. The van der Waals surface area contributed by atoms with Gasteiger partial charge in [-0.1, -0.05) is 0 Å². The highest BCUT2D eigenvalue weighted by atomic mass is 32.1. The minimum atomic E-state index is 0.817. The van der Waals surface area contributed by atoms with Crippen molar-refractivity contribution < 1.29 is 4.74 Å². The third kappa shape index (κ3) is 2.04. The summed E-state index contributed by atoms with van der Waals surface area (Å²) in [6, 6.07) is 11.8. The maximum atomic E-state index is 5.93. The van der Waals surface area contributed by atoms with Crippen LogP contribution in [0.15, 0.2) is 36.4 Å². The molecule has 96 valence electrons. The van der Waals surface area contributed by atoms with Crippen LogP contribution in [0.5, 0.6) is 5.75 Å². The van der Waals surface area contributed by atoms with Gasteiger partial charge in [-0.25, -0.2) is 4.98 Å². The third-order valence-corrected chi connectivity index (χ3v) is 4.42. The monoisotopic (exact) mass is 270 g/mol. The maximum absolute atomic E-state index is 5.93. The molecule has 0 saturated heterocycles. The summed E-state index contributed by atoms with van der Waals surface area (Å²) < 4.78 is 6.32. The number of nitrogen functional groups attached to an aromatic ring is 1. The Balaban J connectivity index is 2.12. The van der Waals surface area contributed by atoms with Crippen molar-refractivity contribution in [3.8, 4) is 16.3 Å². The lowest BCUT2D eigenvalue weighted by molar-refractivity contribution is 0.415. The fourth-order valence-electron chi connectivity index (χ4n) is 2.00. The average Bonchev–Trinajstić information content (AvgIpc) is 2.88. The van der Waals surface area contributed by atoms with E-state index in [2.05, 4.69) is 4.98 Å². The predicted octanol–water partition coefficient (Wildman–Crippen LogP) is 3.86. The molecule has 0 radical (unpaired) electrons. The number of methoxy groups -OCH3 is 1. The molecule has 0 aliphatic rings. The number of benzene rings is 2. The number of ether oxygens (including phenoxy) is 1. The average molecular weight is 270 g/mol. The van der Waals surface area contributed by atoms with Gasteiger partial charge < -0.3 is 10.5 Å². The zero-order valence-electron chi connectivity index (χ0n) is 10.8. The molecule has 1 heterocycles. The maximum Gasteiger partial charge on any atom is 0.124 e. The molecular weight excluding hydrogens is 256 g/mol. The van der Waals surface area contributed by atoms with Gasteiger partial charge in [-0.05, 0) is 48.9 Å². The van der Waals surface area contributed by atoms with Crippen LogP contribution in [0.3, 0.4) is 0 Å². The van der Waals surface area contributed by atoms with E-state index in [1.54, 1.807) is 18.4 Å². The van der Waals surface area contributed by atoms with Crippen LogP contribution < -0.4 is 10.5 Å². The standard InChI is InChI=1S/C15H14N2OS/c1-9-12(16)7-8-13-14(9)19-15(17-13)10-3-5-11(18-2)6-4-10/h3-8H,16H2,1-2H3. The summed E-state index contributed by atoms with van der Waals surface area (Å²) in [7, 11) is 1.67. The molecule has 3 rings (SSSR count). The van der Waals surface area contributed by atoms with E-state index < -0.39 is 0 Å². The van der Waals surface area contributed by atoms with Crippen molar-refractivity contribution in [3.05, 3.63) is 42.0 Å². The number of hydrogen-bond donors (Lipinski definition) is 1. The van der Waals surface area contributed by atoms with E-state index in [0.29, 0.717) is 0 Å². The van der Waals surface area contributed by atoms with Gasteiger partial charge in [-0.2, -0.15) is 0 Å². The zero-order chi connectivity index (χ0) is 13.4. The quantitative estimate of drug-likeness (QED) is 0.719. The summed E-state index contributed by atoms with van der Waals surface area (Å²) in [6.45, 7) is 2.04. The smallest absolute Gasteiger partial charge is 0.124 e. The van der Waals surface area contributed by atoms with Crippen LogP contribution in [0.25, 0.3) is 20.8 Å². The largest absolute Gasteiger partial charge is 0.497 e. The number of aryl methyl sites for hydroxylation is 1. The highest BCUT2D eigenvalue weighted by molar-refractivity contribution is 7.21. The van der Waals surface area contributed by atoms with Crippen LogP contribution in [0.2, 0.25) is 0 Å². The van der Waals surface area contributed by atoms with Gasteiger partial charge in [0, 0.05) is 11.3 Å². The molecule has 0 saturated carbocycles. The second kappa shape index (κ2) is 4.55. The number of nitrogens with two attached hydrogens (primary N) is 1. The van der Waals surface area contributed by atoms with Gasteiger partial charge in [0.1, 0.15) is 10.8 Å². The highest BCUT2D eigenvalue weighted by Gasteiger charge is 2.09. The third-order valence-electron chi connectivity index (χ3n) is 3.18. The van der Waals surface area contributed by atoms with Crippen molar-refractivity contribution in [2.75, 3.05) is 12.8 Å². The first-order valence-electron chi connectivity index (χ1n) is 5.99. The van der Waals surface area contributed by atoms with E-state index in [1.807, 2.05) is 43.3 Å². The first-order valence-corrected chi connectivity index (χ1v) is 6.81. The second-order valence-corrected chi connectivity index (χ2v) is 5.37. The Labute approximate surface area is 115 Å². The topological polar surface area (TPSA) is 48.1 Å². The number of rotatable bonds is 2. The fraction of sp³-hybridized carbons (Fsp3) is 0.133. The van der Waals surface area contributed by atoms with Gasteiger partial charge >= 0.3 is 0 Å². The van der Waals surface area contributed by atoms with E-state index in [4.69, 9.17) is 10.5 Å².